The minimum atomic E-state index is -2.71. The van der Waals surface area contributed by atoms with E-state index in [1.807, 2.05) is 36.4 Å². The van der Waals surface area contributed by atoms with E-state index < -0.39 is 14.4 Å². The van der Waals surface area contributed by atoms with Gasteiger partial charge in [0.2, 0.25) is 0 Å². The normalized spacial score (nSPS) is 11.6. The zero-order valence-electron chi connectivity index (χ0n) is 25.2. The monoisotopic (exact) mass is 588 g/mol. The fourth-order valence-electron chi connectivity index (χ4n) is 4.88. The van der Waals surface area contributed by atoms with Crippen molar-refractivity contribution in [3.63, 3.8) is 0 Å². The average Bonchev–Trinajstić information content (AvgIpc) is 2.94. The largest absolute Gasteiger partial charge is 0.503 e. The van der Waals surface area contributed by atoms with Crippen LogP contribution in [0.2, 0.25) is 0 Å². The van der Waals surface area contributed by atoms with Crippen LogP contribution < -0.4 is 0 Å². The van der Waals surface area contributed by atoms with E-state index in [0.717, 1.165) is 22.3 Å². The van der Waals surface area contributed by atoms with Gasteiger partial charge in [-0.05, 0) is 55.3 Å². The molecule has 0 fully saturated rings. The summed E-state index contributed by atoms with van der Waals surface area (Å²) >= 11 is 0. The third kappa shape index (κ3) is 9.15. The van der Waals surface area contributed by atoms with E-state index in [4.69, 9.17) is 24.1 Å². The molecule has 2 N–H and O–H groups in total. The third-order valence-electron chi connectivity index (χ3n) is 6.78. The van der Waals surface area contributed by atoms with Crippen molar-refractivity contribution in [3.8, 4) is 22.3 Å². The van der Waals surface area contributed by atoms with Crippen molar-refractivity contribution in [2.75, 3.05) is 0 Å². The van der Waals surface area contributed by atoms with Gasteiger partial charge in [-0.3, -0.25) is 4.57 Å². The predicted molar refractivity (Wildman–Crippen MR) is 170 cm³/mol. The first kappa shape index (κ1) is 32.8. The molecule has 4 aromatic rings. The highest BCUT2D eigenvalue weighted by atomic mass is 31.1. The van der Waals surface area contributed by atoms with E-state index >= 15 is 0 Å². The topological polar surface area (TPSA) is 93.1 Å². The summed E-state index contributed by atoms with van der Waals surface area (Å²) in [4.78, 5) is 8.56. The van der Waals surface area contributed by atoms with Gasteiger partial charge in [-0.25, -0.2) is 4.79 Å². The molecule has 0 heterocycles. The first-order valence-electron chi connectivity index (χ1n) is 13.9. The maximum absolute atomic E-state index is 12.9. The number of hydrogen-bond donors (Lipinski definition) is 2. The predicted octanol–water partition coefficient (Wildman–Crippen LogP) is 9.96. The number of benzene rings is 4. The Morgan fingerprint density at radius 1 is 0.571 bits per heavy atom. The van der Waals surface area contributed by atoms with Crippen molar-refractivity contribution in [2.45, 2.75) is 65.6 Å². The molecule has 0 aromatic heterocycles. The SMILES string of the molecule is CC(C)(C)c1ccccc1-c1ccccc1CO[PH](=O)OCc1ccccc1-c1ccccc1C(C)(C)C.O=C(O)O. The molecular weight excluding hydrogens is 547 g/mol. The van der Waals surface area contributed by atoms with E-state index in [1.54, 1.807) is 0 Å². The highest BCUT2D eigenvalue weighted by Gasteiger charge is 2.21. The zero-order valence-corrected chi connectivity index (χ0v) is 26.2. The Bertz CT molecular complexity index is 1400. The van der Waals surface area contributed by atoms with Crippen molar-refractivity contribution in [1.29, 1.82) is 0 Å². The fraction of sp³-hybridized carbons (Fsp3) is 0.286. The summed E-state index contributed by atoms with van der Waals surface area (Å²) in [6.45, 7) is 13.8. The van der Waals surface area contributed by atoms with Gasteiger partial charge in [0.05, 0.1) is 13.2 Å². The van der Waals surface area contributed by atoms with Gasteiger partial charge in [0, 0.05) is 0 Å². The lowest BCUT2D eigenvalue weighted by Crippen LogP contribution is -2.13. The van der Waals surface area contributed by atoms with Gasteiger partial charge >= 0.3 is 14.4 Å². The standard InChI is InChI=1S/C34H39O3P.CH2O3/c1-33(2,3)31-21-13-11-19-29(31)27-17-9-7-15-25(27)23-36-38(35)37-24-26-16-8-10-18-28(26)30-20-12-14-22-32(30)34(4,5)6;2-1(3)4/h7-22,38H,23-24H2,1-6H3;(H2,2,3,4). The Morgan fingerprint density at radius 2 is 0.857 bits per heavy atom. The molecule has 0 saturated heterocycles. The first-order valence-corrected chi connectivity index (χ1v) is 15.1. The van der Waals surface area contributed by atoms with E-state index in [9.17, 15) is 4.57 Å². The highest BCUT2D eigenvalue weighted by molar-refractivity contribution is 7.33. The van der Waals surface area contributed by atoms with Crippen LogP contribution in [-0.4, -0.2) is 16.4 Å². The smallest absolute Gasteiger partial charge is 0.450 e. The fourth-order valence-corrected chi connectivity index (χ4v) is 5.51. The number of rotatable bonds is 8. The Hall–Kier alpha value is -3.70. The van der Waals surface area contributed by atoms with Crippen LogP contribution in [0.5, 0.6) is 0 Å². The molecule has 0 aliphatic heterocycles. The number of carboxylic acid groups (broad SMARTS) is 2. The van der Waals surface area contributed by atoms with Crippen molar-refractivity contribution < 1.29 is 28.6 Å². The molecule has 0 amide bonds. The maximum Gasteiger partial charge on any atom is 0.503 e. The van der Waals surface area contributed by atoms with Crippen LogP contribution in [0.1, 0.15) is 63.8 Å². The van der Waals surface area contributed by atoms with Crippen LogP contribution in [-0.2, 0) is 37.7 Å². The van der Waals surface area contributed by atoms with E-state index in [1.165, 1.54) is 22.3 Å². The second kappa shape index (κ2) is 14.5. The molecular formula is C35H41O6P. The van der Waals surface area contributed by atoms with Gasteiger partial charge in [-0.1, -0.05) is 139 Å². The summed E-state index contributed by atoms with van der Waals surface area (Å²) in [5.74, 6) is 0. The van der Waals surface area contributed by atoms with Crippen LogP contribution in [0, 0.1) is 0 Å². The summed E-state index contributed by atoms with van der Waals surface area (Å²) in [5, 5.41) is 13.9. The second-order valence-corrected chi connectivity index (χ2v) is 13.1. The minimum Gasteiger partial charge on any atom is -0.450 e. The highest BCUT2D eigenvalue weighted by Crippen LogP contribution is 2.38. The molecule has 0 spiro atoms. The summed E-state index contributed by atoms with van der Waals surface area (Å²) in [6.07, 6.45) is -1.83. The molecule has 0 aliphatic carbocycles. The van der Waals surface area contributed by atoms with Gasteiger partial charge in [-0.2, -0.15) is 0 Å². The summed E-state index contributed by atoms with van der Waals surface area (Å²) in [5.41, 5.74) is 9.05. The van der Waals surface area contributed by atoms with Gasteiger partial charge in [0.15, 0.2) is 0 Å². The Morgan fingerprint density at radius 3 is 1.19 bits per heavy atom. The first-order chi connectivity index (χ1) is 19.8. The third-order valence-corrected chi connectivity index (χ3v) is 7.54. The Kier molecular flexibility index (Phi) is 11.3. The van der Waals surface area contributed by atoms with E-state index in [-0.39, 0.29) is 24.0 Å². The quantitative estimate of drug-likeness (QED) is 0.199. The van der Waals surface area contributed by atoms with Gasteiger partial charge in [0.25, 0.3) is 0 Å². The molecule has 0 unspecified atom stereocenters. The Balaban J connectivity index is 0.00000114. The molecule has 0 aliphatic rings. The Labute approximate surface area is 249 Å². The van der Waals surface area contributed by atoms with Crippen molar-refractivity contribution in [3.05, 3.63) is 119 Å². The summed E-state index contributed by atoms with van der Waals surface area (Å²) in [7, 11) is -2.71. The van der Waals surface area contributed by atoms with Crippen LogP contribution in [0.4, 0.5) is 4.79 Å². The lowest BCUT2D eigenvalue weighted by molar-refractivity contribution is 0.137. The second-order valence-electron chi connectivity index (χ2n) is 12.0. The van der Waals surface area contributed by atoms with Crippen LogP contribution in [0.25, 0.3) is 22.3 Å². The minimum absolute atomic E-state index is 0.000157. The molecule has 0 atom stereocenters. The van der Waals surface area contributed by atoms with Crippen LogP contribution in [0.15, 0.2) is 97.1 Å². The lowest BCUT2D eigenvalue weighted by Gasteiger charge is -2.24. The summed E-state index contributed by atoms with van der Waals surface area (Å²) < 4.78 is 24.4. The molecule has 7 heteroatoms. The molecule has 0 saturated carbocycles. The number of carbonyl (C=O) groups is 1. The van der Waals surface area contributed by atoms with Crippen molar-refractivity contribution >= 4 is 14.4 Å². The molecule has 222 valence electrons. The number of hydrogen-bond acceptors (Lipinski definition) is 4. The van der Waals surface area contributed by atoms with Crippen molar-refractivity contribution in [2.24, 2.45) is 0 Å². The van der Waals surface area contributed by atoms with Crippen molar-refractivity contribution in [1.82, 2.24) is 0 Å². The van der Waals surface area contributed by atoms with Crippen LogP contribution >= 0.6 is 8.25 Å². The van der Waals surface area contributed by atoms with Gasteiger partial charge in [0.1, 0.15) is 0 Å². The van der Waals surface area contributed by atoms with E-state index in [2.05, 4.69) is 102 Å². The molecule has 6 nitrogen and oxygen atoms in total. The van der Waals surface area contributed by atoms with Gasteiger partial charge in [-0.15, -0.1) is 0 Å². The lowest BCUT2D eigenvalue weighted by atomic mass is 9.81. The molecule has 0 radical (unpaired) electrons. The van der Waals surface area contributed by atoms with Gasteiger partial charge < -0.3 is 19.3 Å². The summed E-state index contributed by atoms with van der Waals surface area (Å²) in [6, 6.07) is 33.2. The molecule has 42 heavy (non-hydrogen) atoms. The average molecular weight is 589 g/mol. The zero-order chi connectivity index (χ0) is 30.9. The maximum atomic E-state index is 12.9. The van der Waals surface area contributed by atoms with Crippen LogP contribution in [0.3, 0.4) is 0 Å². The molecule has 4 aromatic carbocycles. The molecule has 4 rings (SSSR count). The molecule has 0 bridgehead atoms. The van der Waals surface area contributed by atoms with E-state index in [0.29, 0.717) is 0 Å².